The summed E-state index contributed by atoms with van der Waals surface area (Å²) >= 11 is 0. The average Bonchev–Trinajstić information content (AvgIpc) is 3.11. The van der Waals surface area contributed by atoms with Gasteiger partial charge in [0, 0.05) is 32.2 Å². The highest BCUT2D eigenvalue weighted by Crippen LogP contribution is 2.23. The second-order valence-electron chi connectivity index (χ2n) is 6.92. The van der Waals surface area contributed by atoms with Crippen LogP contribution in [0.25, 0.3) is 0 Å². The second kappa shape index (κ2) is 8.60. The molecule has 2 atom stereocenters. The Bertz CT molecular complexity index is 517. The molecule has 2 aliphatic heterocycles. The number of hydrogen-bond donors (Lipinski definition) is 1. The fourth-order valence-electron chi connectivity index (χ4n) is 3.57. The van der Waals surface area contributed by atoms with Crippen molar-refractivity contribution < 1.29 is 14.3 Å². The Morgan fingerprint density at radius 3 is 2.75 bits per heavy atom. The molecule has 132 valence electrons. The molecule has 0 bridgehead atoms. The predicted octanol–water partition coefficient (Wildman–Crippen LogP) is 1.81. The molecule has 2 unspecified atom stereocenters. The van der Waals surface area contributed by atoms with E-state index < -0.39 is 0 Å². The smallest absolute Gasteiger partial charge is 0.239 e. The molecule has 2 fully saturated rings. The maximum atomic E-state index is 12.6. The van der Waals surface area contributed by atoms with E-state index >= 15 is 0 Å². The monoisotopic (exact) mass is 332 g/mol. The fourth-order valence-corrected chi connectivity index (χ4v) is 3.57. The van der Waals surface area contributed by atoms with E-state index in [0.717, 1.165) is 45.6 Å². The second-order valence-corrected chi connectivity index (χ2v) is 6.92. The minimum Gasteiger partial charge on any atom is -0.381 e. The van der Waals surface area contributed by atoms with E-state index in [9.17, 15) is 4.79 Å². The van der Waals surface area contributed by atoms with Gasteiger partial charge in [-0.25, -0.2) is 0 Å². The van der Waals surface area contributed by atoms with Gasteiger partial charge < -0.3 is 20.1 Å². The minimum absolute atomic E-state index is 0.104. The molecule has 2 N–H and O–H groups in total. The van der Waals surface area contributed by atoms with Gasteiger partial charge in [-0.05, 0) is 30.7 Å². The first-order valence-electron chi connectivity index (χ1n) is 8.98. The van der Waals surface area contributed by atoms with Crippen molar-refractivity contribution in [3.8, 4) is 0 Å². The van der Waals surface area contributed by atoms with E-state index in [4.69, 9.17) is 15.2 Å². The van der Waals surface area contributed by atoms with Crippen molar-refractivity contribution in [2.75, 3.05) is 32.9 Å². The van der Waals surface area contributed by atoms with Crippen LogP contribution in [0.3, 0.4) is 0 Å². The normalized spacial score (nSPS) is 23.4. The van der Waals surface area contributed by atoms with Crippen LogP contribution < -0.4 is 5.73 Å². The van der Waals surface area contributed by atoms with Crippen LogP contribution in [0.5, 0.6) is 0 Å². The van der Waals surface area contributed by atoms with Gasteiger partial charge in [0.2, 0.25) is 5.91 Å². The minimum atomic E-state index is -0.377. The van der Waals surface area contributed by atoms with Crippen molar-refractivity contribution in [1.82, 2.24) is 4.90 Å². The standard InChI is InChI=1S/C19H28N2O3/c20-18(17-7-10-23-11-8-17)19(22)21-9-6-16(12-21)14-24-13-15-4-2-1-3-5-15/h1-5,16-18H,6-14,20H2. The highest BCUT2D eigenvalue weighted by molar-refractivity contribution is 5.82. The SMILES string of the molecule is NC(C(=O)N1CCC(COCc2ccccc2)C1)C1CCOCC1. The van der Waals surface area contributed by atoms with E-state index in [1.807, 2.05) is 23.1 Å². The number of hydrogen-bond acceptors (Lipinski definition) is 4. The van der Waals surface area contributed by atoms with E-state index in [1.165, 1.54) is 5.56 Å². The van der Waals surface area contributed by atoms with Crippen LogP contribution >= 0.6 is 0 Å². The largest absolute Gasteiger partial charge is 0.381 e. The molecule has 24 heavy (non-hydrogen) atoms. The van der Waals surface area contributed by atoms with Crippen molar-refractivity contribution in [3.63, 3.8) is 0 Å². The quantitative estimate of drug-likeness (QED) is 0.863. The van der Waals surface area contributed by atoms with Gasteiger partial charge in [-0.1, -0.05) is 30.3 Å². The van der Waals surface area contributed by atoms with Crippen LogP contribution in [-0.4, -0.2) is 49.8 Å². The zero-order valence-electron chi connectivity index (χ0n) is 14.2. The van der Waals surface area contributed by atoms with Gasteiger partial charge in [0.1, 0.15) is 0 Å². The number of carbonyl (C=O) groups excluding carboxylic acids is 1. The summed E-state index contributed by atoms with van der Waals surface area (Å²) in [4.78, 5) is 14.5. The molecule has 2 aliphatic rings. The lowest BCUT2D eigenvalue weighted by Gasteiger charge is -2.29. The van der Waals surface area contributed by atoms with Gasteiger partial charge >= 0.3 is 0 Å². The van der Waals surface area contributed by atoms with Gasteiger partial charge in [-0.2, -0.15) is 0 Å². The first-order valence-corrected chi connectivity index (χ1v) is 8.98. The summed E-state index contributed by atoms with van der Waals surface area (Å²) in [5.41, 5.74) is 7.40. The van der Waals surface area contributed by atoms with Gasteiger partial charge in [0.05, 0.1) is 19.3 Å². The number of amides is 1. The Hall–Kier alpha value is -1.43. The summed E-state index contributed by atoms with van der Waals surface area (Å²) in [7, 11) is 0. The lowest BCUT2D eigenvalue weighted by Crippen LogP contribution is -2.48. The first-order chi connectivity index (χ1) is 11.7. The Kier molecular flexibility index (Phi) is 6.24. The highest BCUT2D eigenvalue weighted by atomic mass is 16.5. The third-order valence-corrected chi connectivity index (χ3v) is 5.12. The molecule has 5 nitrogen and oxygen atoms in total. The van der Waals surface area contributed by atoms with E-state index in [-0.39, 0.29) is 17.9 Å². The first kappa shape index (κ1) is 17.4. The molecule has 1 aromatic rings. The van der Waals surface area contributed by atoms with Gasteiger partial charge in [-0.15, -0.1) is 0 Å². The maximum absolute atomic E-state index is 12.6. The lowest BCUT2D eigenvalue weighted by molar-refractivity contribution is -0.133. The zero-order valence-corrected chi connectivity index (χ0v) is 14.2. The molecular formula is C19H28N2O3. The number of rotatable bonds is 6. The molecule has 1 aromatic carbocycles. The van der Waals surface area contributed by atoms with E-state index in [1.54, 1.807) is 0 Å². The fraction of sp³-hybridized carbons (Fsp3) is 0.632. The van der Waals surface area contributed by atoms with Crippen molar-refractivity contribution in [3.05, 3.63) is 35.9 Å². The number of likely N-dealkylation sites (tertiary alicyclic amines) is 1. The van der Waals surface area contributed by atoms with Crippen LogP contribution in [-0.2, 0) is 20.9 Å². The maximum Gasteiger partial charge on any atom is 0.239 e. The molecule has 0 aromatic heterocycles. The molecule has 0 radical (unpaired) electrons. The molecular weight excluding hydrogens is 304 g/mol. The molecule has 1 amide bonds. The number of carbonyl (C=O) groups is 1. The number of benzene rings is 1. The number of nitrogens with two attached hydrogens (primary N) is 1. The average molecular weight is 332 g/mol. The van der Waals surface area contributed by atoms with Crippen molar-refractivity contribution >= 4 is 5.91 Å². The van der Waals surface area contributed by atoms with Crippen LogP contribution in [0.15, 0.2) is 30.3 Å². The molecule has 0 saturated carbocycles. The topological polar surface area (TPSA) is 64.8 Å². The molecule has 2 saturated heterocycles. The third-order valence-electron chi connectivity index (χ3n) is 5.12. The predicted molar refractivity (Wildman–Crippen MR) is 92.3 cm³/mol. The Balaban J connectivity index is 1.40. The molecule has 5 heteroatoms. The molecule has 0 aliphatic carbocycles. The Morgan fingerprint density at radius 2 is 2.00 bits per heavy atom. The third kappa shape index (κ3) is 4.56. The highest BCUT2D eigenvalue weighted by Gasteiger charge is 2.33. The van der Waals surface area contributed by atoms with Gasteiger partial charge in [-0.3, -0.25) is 4.79 Å². The van der Waals surface area contributed by atoms with Crippen LogP contribution in [0, 0.1) is 11.8 Å². The lowest BCUT2D eigenvalue weighted by atomic mass is 9.91. The molecule has 0 spiro atoms. The van der Waals surface area contributed by atoms with Crippen LogP contribution in [0.4, 0.5) is 0 Å². The molecule has 3 rings (SSSR count). The van der Waals surface area contributed by atoms with Gasteiger partial charge in [0.25, 0.3) is 0 Å². The molecule has 2 heterocycles. The Morgan fingerprint density at radius 1 is 1.25 bits per heavy atom. The van der Waals surface area contributed by atoms with Gasteiger partial charge in [0.15, 0.2) is 0 Å². The summed E-state index contributed by atoms with van der Waals surface area (Å²) in [5.74, 6) is 0.784. The van der Waals surface area contributed by atoms with E-state index in [0.29, 0.717) is 19.1 Å². The van der Waals surface area contributed by atoms with E-state index in [2.05, 4.69) is 12.1 Å². The zero-order chi connectivity index (χ0) is 16.8. The summed E-state index contributed by atoms with van der Waals surface area (Å²) in [6, 6.07) is 9.80. The van der Waals surface area contributed by atoms with Crippen LogP contribution in [0.1, 0.15) is 24.8 Å². The Labute approximate surface area is 144 Å². The van der Waals surface area contributed by atoms with Crippen LogP contribution in [0.2, 0.25) is 0 Å². The summed E-state index contributed by atoms with van der Waals surface area (Å²) in [5, 5.41) is 0. The summed E-state index contributed by atoms with van der Waals surface area (Å²) in [6.07, 6.45) is 2.79. The summed E-state index contributed by atoms with van der Waals surface area (Å²) in [6.45, 7) is 4.35. The van der Waals surface area contributed by atoms with Crippen molar-refractivity contribution in [1.29, 1.82) is 0 Å². The number of ether oxygens (including phenoxy) is 2. The number of nitrogens with zero attached hydrogens (tertiary/aromatic N) is 1. The summed E-state index contributed by atoms with van der Waals surface area (Å²) < 4.78 is 11.2. The van der Waals surface area contributed by atoms with Crippen molar-refractivity contribution in [2.24, 2.45) is 17.6 Å². The van der Waals surface area contributed by atoms with Crippen molar-refractivity contribution in [2.45, 2.75) is 31.9 Å².